The number of amides is 1. The summed E-state index contributed by atoms with van der Waals surface area (Å²) in [6.07, 6.45) is 0. The van der Waals surface area contributed by atoms with Gasteiger partial charge >= 0.3 is 0 Å². The molecule has 0 fully saturated rings. The summed E-state index contributed by atoms with van der Waals surface area (Å²) in [5, 5.41) is 6.54. The largest absolute Gasteiger partial charge is 0.494 e. The zero-order chi connectivity index (χ0) is 23.0. The Bertz CT molecular complexity index is 1210. The molecule has 0 radical (unpaired) electrons. The van der Waals surface area contributed by atoms with Crippen LogP contribution in [0.15, 0.2) is 84.9 Å². The van der Waals surface area contributed by atoms with E-state index >= 15 is 0 Å². The fraction of sp³-hybridized carbons (Fsp3) is 0.115. The lowest BCUT2D eigenvalue weighted by Gasteiger charge is -2.11. The van der Waals surface area contributed by atoms with E-state index in [4.69, 9.17) is 16.3 Å². The molecule has 0 saturated heterocycles. The number of carbonyl (C=O) groups is 1. The summed E-state index contributed by atoms with van der Waals surface area (Å²) in [5.41, 5.74) is 4.02. The summed E-state index contributed by atoms with van der Waals surface area (Å²) in [7, 11) is 0. The Balaban J connectivity index is 1.52. The predicted molar refractivity (Wildman–Crippen MR) is 133 cm³/mol. The molecule has 1 aromatic heterocycles. The first-order chi connectivity index (χ1) is 16.1. The monoisotopic (exact) mass is 458 g/mol. The van der Waals surface area contributed by atoms with Crippen molar-refractivity contribution >= 4 is 29.1 Å². The van der Waals surface area contributed by atoms with Crippen LogP contribution >= 0.6 is 11.6 Å². The number of rotatable bonds is 8. The van der Waals surface area contributed by atoms with Crippen molar-refractivity contribution in [2.24, 2.45) is 0 Å². The zero-order valence-electron chi connectivity index (χ0n) is 18.1. The van der Waals surface area contributed by atoms with Crippen LogP contribution in [0.3, 0.4) is 0 Å². The Morgan fingerprint density at radius 2 is 1.52 bits per heavy atom. The van der Waals surface area contributed by atoms with Crippen LogP contribution in [0.4, 0.5) is 11.6 Å². The number of nitrogens with zero attached hydrogens (tertiary/aromatic N) is 2. The Kier molecular flexibility index (Phi) is 7.17. The fourth-order valence-corrected chi connectivity index (χ4v) is 3.34. The summed E-state index contributed by atoms with van der Waals surface area (Å²) >= 11 is 6.03. The van der Waals surface area contributed by atoms with E-state index in [1.807, 2.05) is 79.7 Å². The molecule has 0 spiro atoms. The molecule has 0 aliphatic rings. The van der Waals surface area contributed by atoms with Gasteiger partial charge in [0.1, 0.15) is 5.75 Å². The standard InChI is InChI=1S/C26H23ClN4O2/c1-2-33-22-14-12-21(13-15-22)28-17-25(32)31-26-29-23(18-6-4-3-5-7-18)16-24(30-26)19-8-10-20(27)11-9-19/h3-16,28H,2,17H2,1H3,(H,29,30,31,32). The van der Waals surface area contributed by atoms with E-state index < -0.39 is 0 Å². The molecular weight excluding hydrogens is 436 g/mol. The zero-order valence-corrected chi connectivity index (χ0v) is 18.8. The van der Waals surface area contributed by atoms with E-state index in [0.717, 1.165) is 22.6 Å². The molecular formula is C26H23ClN4O2. The average molecular weight is 459 g/mol. The summed E-state index contributed by atoms with van der Waals surface area (Å²) in [5.74, 6) is 0.768. The SMILES string of the molecule is CCOc1ccc(NCC(=O)Nc2nc(-c3ccccc3)cc(-c3ccc(Cl)cc3)n2)cc1. The molecule has 4 aromatic rings. The van der Waals surface area contributed by atoms with Gasteiger partial charge in [-0.2, -0.15) is 0 Å². The number of hydrogen-bond donors (Lipinski definition) is 2. The second-order valence-corrected chi connectivity index (χ2v) is 7.63. The van der Waals surface area contributed by atoms with Gasteiger partial charge in [0.15, 0.2) is 0 Å². The highest BCUT2D eigenvalue weighted by Crippen LogP contribution is 2.26. The minimum Gasteiger partial charge on any atom is -0.494 e. The van der Waals surface area contributed by atoms with E-state index in [1.165, 1.54) is 0 Å². The van der Waals surface area contributed by atoms with Crippen LogP contribution in [0, 0.1) is 0 Å². The molecule has 0 unspecified atom stereocenters. The van der Waals surface area contributed by atoms with Crippen LogP contribution in [0.1, 0.15) is 6.92 Å². The van der Waals surface area contributed by atoms with Gasteiger partial charge in [-0.05, 0) is 49.4 Å². The number of nitrogens with one attached hydrogen (secondary N) is 2. The molecule has 2 N–H and O–H groups in total. The summed E-state index contributed by atoms with van der Waals surface area (Å²) < 4.78 is 5.44. The quantitative estimate of drug-likeness (QED) is 0.343. The minimum atomic E-state index is -0.254. The maximum absolute atomic E-state index is 12.6. The van der Waals surface area contributed by atoms with Crippen LogP contribution in [-0.4, -0.2) is 29.0 Å². The van der Waals surface area contributed by atoms with Crippen molar-refractivity contribution < 1.29 is 9.53 Å². The van der Waals surface area contributed by atoms with Crippen LogP contribution in [0.25, 0.3) is 22.5 Å². The molecule has 3 aromatic carbocycles. The molecule has 0 aliphatic carbocycles. The number of aromatic nitrogens is 2. The van der Waals surface area contributed by atoms with Gasteiger partial charge in [0, 0.05) is 21.8 Å². The lowest BCUT2D eigenvalue weighted by atomic mass is 10.1. The smallest absolute Gasteiger partial charge is 0.246 e. The number of carbonyl (C=O) groups excluding carboxylic acids is 1. The van der Waals surface area contributed by atoms with Crippen molar-refractivity contribution in [2.45, 2.75) is 6.92 Å². The Labute approximate surface area is 197 Å². The van der Waals surface area contributed by atoms with E-state index in [9.17, 15) is 4.79 Å². The van der Waals surface area contributed by atoms with Crippen molar-refractivity contribution in [3.63, 3.8) is 0 Å². The van der Waals surface area contributed by atoms with E-state index in [0.29, 0.717) is 23.0 Å². The first-order valence-electron chi connectivity index (χ1n) is 10.6. The maximum atomic E-state index is 12.6. The van der Waals surface area contributed by atoms with Gasteiger partial charge in [0.25, 0.3) is 0 Å². The third-order valence-electron chi connectivity index (χ3n) is 4.81. The van der Waals surface area contributed by atoms with Gasteiger partial charge in [-0.1, -0.05) is 54.1 Å². The van der Waals surface area contributed by atoms with E-state index in [2.05, 4.69) is 20.6 Å². The number of hydrogen-bond acceptors (Lipinski definition) is 5. The second-order valence-electron chi connectivity index (χ2n) is 7.19. The average Bonchev–Trinajstić information content (AvgIpc) is 2.84. The Hall–Kier alpha value is -3.90. The lowest BCUT2D eigenvalue weighted by Crippen LogP contribution is -2.23. The van der Waals surface area contributed by atoms with Crippen LogP contribution < -0.4 is 15.4 Å². The van der Waals surface area contributed by atoms with Gasteiger partial charge in [0.05, 0.1) is 24.5 Å². The van der Waals surface area contributed by atoms with E-state index in [1.54, 1.807) is 12.1 Å². The topological polar surface area (TPSA) is 76.1 Å². The van der Waals surface area contributed by atoms with Gasteiger partial charge in [-0.15, -0.1) is 0 Å². The molecule has 0 bridgehead atoms. The van der Waals surface area contributed by atoms with Crippen molar-refractivity contribution in [1.82, 2.24) is 9.97 Å². The molecule has 33 heavy (non-hydrogen) atoms. The van der Waals surface area contributed by atoms with Crippen LogP contribution in [0.5, 0.6) is 5.75 Å². The van der Waals surface area contributed by atoms with Gasteiger partial charge in [-0.3, -0.25) is 10.1 Å². The first kappa shape index (κ1) is 22.3. The highest BCUT2D eigenvalue weighted by atomic mass is 35.5. The molecule has 0 atom stereocenters. The van der Waals surface area contributed by atoms with Gasteiger partial charge < -0.3 is 10.1 Å². The molecule has 7 heteroatoms. The molecule has 1 heterocycles. The molecule has 1 amide bonds. The van der Waals surface area contributed by atoms with Crippen LogP contribution in [-0.2, 0) is 4.79 Å². The number of benzene rings is 3. The maximum Gasteiger partial charge on any atom is 0.246 e. The van der Waals surface area contributed by atoms with Crippen molar-refractivity contribution in [2.75, 3.05) is 23.8 Å². The van der Waals surface area contributed by atoms with Crippen molar-refractivity contribution in [3.05, 3.63) is 90.0 Å². The summed E-state index contributed by atoms with van der Waals surface area (Å²) in [6.45, 7) is 2.61. The minimum absolute atomic E-state index is 0.0726. The number of anilines is 2. The van der Waals surface area contributed by atoms with E-state index in [-0.39, 0.29) is 18.4 Å². The highest BCUT2D eigenvalue weighted by Gasteiger charge is 2.11. The van der Waals surface area contributed by atoms with Crippen molar-refractivity contribution in [1.29, 1.82) is 0 Å². The third-order valence-corrected chi connectivity index (χ3v) is 5.06. The van der Waals surface area contributed by atoms with Gasteiger partial charge in [0.2, 0.25) is 11.9 Å². The van der Waals surface area contributed by atoms with Gasteiger partial charge in [-0.25, -0.2) is 9.97 Å². The Morgan fingerprint density at radius 3 is 2.15 bits per heavy atom. The molecule has 166 valence electrons. The Morgan fingerprint density at radius 1 is 0.879 bits per heavy atom. The highest BCUT2D eigenvalue weighted by molar-refractivity contribution is 6.30. The fourth-order valence-electron chi connectivity index (χ4n) is 3.22. The molecule has 0 aliphatic heterocycles. The lowest BCUT2D eigenvalue weighted by molar-refractivity contribution is -0.114. The predicted octanol–water partition coefficient (Wildman–Crippen LogP) is 5.91. The number of ether oxygens (including phenoxy) is 1. The second kappa shape index (κ2) is 10.6. The molecule has 6 nitrogen and oxygen atoms in total. The third kappa shape index (κ3) is 6.08. The summed E-state index contributed by atoms with van der Waals surface area (Å²) in [4.78, 5) is 21.7. The molecule has 0 saturated carbocycles. The van der Waals surface area contributed by atoms with Crippen LogP contribution in [0.2, 0.25) is 5.02 Å². The molecule has 4 rings (SSSR count). The first-order valence-corrected chi connectivity index (χ1v) is 11.0. The van der Waals surface area contributed by atoms with Crippen molar-refractivity contribution in [3.8, 4) is 28.3 Å². The summed E-state index contributed by atoms with van der Waals surface area (Å²) in [6, 6.07) is 26.5. The normalized spacial score (nSPS) is 10.5. The number of halogens is 1.